The van der Waals surface area contributed by atoms with Crippen LogP contribution in [0, 0.1) is 18.8 Å². The molecule has 0 aromatic rings. The van der Waals surface area contributed by atoms with Gasteiger partial charge in [-0.2, -0.15) is 0 Å². The van der Waals surface area contributed by atoms with Crippen LogP contribution in [0.25, 0.3) is 0 Å². The molecule has 0 bridgehead atoms. The van der Waals surface area contributed by atoms with Crippen molar-refractivity contribution in [3.8, 4) is 0 Å². The van der Waals surface area contributed by atoms with E-state index >= 15 is 0 Å². The van der Waals surface area contributed by atoms with E-state index in [-0.39, 0.29) is 0 Å². The van der Waals surface area contributed by atoms with Crippen LogP contribution in [0.2, 0.25) is 0 Å². The highest BCUT2D eigenvalue weighted by atomic mass is 14.0. The van der Waals surface area contributed by atoms with E-state index in [1.165, 1.54) is 6.42 Å². The summed E-state index contributed by atoms with van der Waals surface area (Å²) in [7, 11) is 0. The highest BCUT2D eigenvalue weighted by Crippen LogP contribution is 2.05. The molecule has 0 heteroatoms. The Morgan fingerprint density at radius 2 is 2.00 bits per heavy atom. The van der Waals surface area contributed by atoms with E-state index < -0.39 is 0 Å². The molecule has 0 aromatic carbocycles. The van der Waals surface area contributed by atoms with Crippen LogP contribution in [-0.4, -0.2) is 0 Å². The number of rotatable bonds is 3. The van der Waals surface area contributed by atoms with Gasteiger partial charge in [0, 0.05) is 0 Å². The molecule has 0 saturated heterocycles. The molecule has 0 N–H and O–H groups in total. The second-order valence-corrected chi connectivity index (χ2v) is 1.95. The van der Waals surface area contributed by atoms with Gasteiger partial charge < -0.3 is 0 Å². The molecule has 0 rings (SSSR count). The summed E-state index contributed by atoms with van der Waals surface area (Å²) in [4.78, 5) is 0. The summed E-state index contributed by atoms with van der Waals surface area (Å²) in [5.41, 5.74) is 0. The van der Waals surface area contributed by atoms with Crippen molar-refractivity contribution >= 4 is 0 Å². The summed E-state index contributed by atoms with van der Waals surface area (Å²) in [5.74, 6) is 0.769. The van der Waals surface area contributed by atoms with Crippen molar-refractivity contribution in [2.24, 2.45) is 5.92 Å². The molecule has 0 aromatic heterocycles. The maximum Gasteiger partial charge on any atom is -0.0389 e. The van der Waals surface area contributed by atoms with Crippen molar-refractivity contribution in [2.75, 3.05) is 0 Å². The fraction of sp³-hybridized carbons (Fsp3) is 0.714. The van der Waals surface area contributed by atoms with E-state index in [4.69, 9.17) is 0 Å². The third-order valence-electron chi connectivity index (χ3n) is 1.18. The molecular formula is C7H14. The summed E-state index contributed by atoms with van der Waals surface area (Å²) in [6.45, 7) is 6.42. The zero-order chi connectivity index (χ0) is 5.70. The lowest BCUT2D eigenvalue weighted by atomic mass is 10.0. The molecule has 1 unspecified atom stereocenters. The summed E-state index contributed by atoms with van der Waals surface area (Å²) < 4.78 is 0. The van der Waals surface area contributed by atoms with Crippen LogP contribution in [0.3, 0.4) is 0 Å². The van der Waals surface area contributed by atoms with Crippen LogP contribution in [-0.2, 0) is 0 Å². The van der Waals surface area contributed by atoms with Crippen LogP contribution in [0.15, 0.2) is 0 Å². The predicted molar refractivity (Wildman–Crippen MR) is 33.7 cm³/mol. The molecule has 0 heterocycles. The van der Waals surface area contributed by atoms with Crippen molar-refractivity contribution in [2.45, 2.75) is 27.2 Å². The van der Waals surface area contributed by atoms with Gasteiger partial charge in [0.25, 0.3) is 0 Å². The Balaban J connectivity index is 2.83. The van der Waals surface area contributed by atoms with Gasteiger partial charge in [-0.25, -0.2) is 0 Å². The molecule has 0 aliphatic heterocycles. The largest absolute Gasteiger partial charge is 0.0622 e. The van der Waals surface area contributed by atoms with Gasteiger partial charge in [0.05, 0.1) is 0 Å². The van der Waals surface area contributed by atoms with E-state index in [1.807, 2.05) is 0 Å². The fourth-order valence-corrected chi connectivity index (χ4v) is 0.508. The highest BCUT2D eigenvalue weighted by molar-refractivity contribution is 4.71. The first-order valence-corrected chi connectivity index (χ1v) is 2.88. The van der Waals surface area contributed by atoms with Gasteiger partial charge in [-0.1, -0.05) is 20.8 Å². The van der Waals surface area contributed by atoms with Gasteiger partial charge in [0.1, 0.15) is 0 Å². The quantitative estimate of drug-likeness (QED) is 0.508. The number of hydrogen-bond acceptors (Lipinski definition) is 0. The minimum absolute atomic E-state index is 0.769. The Bertz CT molecular complexity index is 31.0. The third kappa shape index (κ3) is 3.84. The Labute approximate surface area is 46.9 Å². The summed E-state index contributed by atoms with van der Waals surface area (Å²) in [5, 5.41) is 0. The molecule has 7 heavy (non-hydrogen) atoms. The lowest BCUT2D eigenvalue weighted by Crippen LogP contribution is -1.89. The topological polar surface area (TPSA) is 0 Å². The molecule has 0 fully saturated rings. The molecule has 0 nitrogen and oxygen atoms in total. The van der Waals surface area contributed by atoms with Crippen molar-refractivity contribution in [1.82, 2.24) is 0 Å². The summed E-state index contributed by atoms with van der Waals surface area (Å²) in [6.07, 6.45) is 5.64. The maximum absolute atomic E-state index is 2.22. The third-order valence-corrected chi connectivity index (χ3v) is 1.18. The first-order valence-electron chi connectivity index (χ1n) is 2.88. The minimum Gasteiger partial charge on any atom is -0.0622 e. The molecule has 42 valence electrons. The summed E-state index contributed by atoms with van der Waals surface area (Å²) in [6, 6.07) is 0. The maximum atomic E-state index is 2.22. The molecule has 0 amide bonds. The zero-order valence-corrected chi connectivity index (χ0v) is 5.44. The van der Waals surface area contributed by atoms with E-state index in [2.05, 4.69) is 33.6 Å². The Morgan fingerprint density at radius 1 is 1.43 bits per heavy atom. The standard InChI is InChI=1S/C7H14/c1-4-6-7(3)5-2/h4-5,7H,6H2,1-3H3. The van der Waals surface area contributed by atoms with E-state index in [1.54, 1.807) is 0 Å². The SMILES string of the molecule is C[CH]CC(C)[CH]C. The first-order chi connectivity index (χ1) is 3.31. The average Bonchev–Trinajstić information content (AvgIpc) is 1.68. The molecule has 0 aliphatic rings. The highest BCUT2D eigenvalue weighted by Gasteiger charge is 1.93. The van der Waals surface area contributed by atoms with Gasteiger partial charge in [-0.3, -0.25) is 0 Å². The lowest BCUT2D eigenvalue weighted by Gasteiger charge is -2.01. The van der Waals surface area contributed by atoms with E-state index in [9.17, 15) is 0 Å². The number of hydrogen-bond donors (Lipinski definition) is 0. The molecular weight excluding hydrogens is 84.1 g/mol. The monoisotopic (exact) mass is 98.1 g/mol. The fourth-order valence-electron chi connectivity index (χ4n) is 0.508. The van der Waals surface area contributed by atoms with Gasteiger partial charge in [-0.15, -0.1) is 0 Å². The van der Waals surface area contributed by atoms with Crippen LogP contribution < -0.4 is 0 Å². The predicted octanol–water partition coefficient (Wildman–Crippen LogP) is 2.46. The van der Waals surface area contributed by atoms with Crippen molar-refractivity contribution in [1.29, 1.82) is 0 Å². The smallest absolute Gasteiger partial charge is 0.0389 e. The lowest BCUT2D eigenvalue weighted by molar-refractivity contribution is 0.661. The van der Waals surface area contributed by atoms with E-state index in [0.29, 0.717) is 0 Å². The Morgan fingerprint density at radius 3 is 2.14 bits per heavy atom. The van der Waals surface area contributed by atoms with Crippen LogP contribution >= 0.6 is 0 Å². The van der Waals surface area contributed by atoms with Gasteiger partial charge in [0.2, 0.25) is 0 Å². The van der Waals surface area contributed by atoms with Gasteiger partial charge in [0.15, 0.2) is 0 Å². The molecule has 2 radical (unpaired) electrons. The molecule has 0 aliphatic carbocycles. The Kier molecular flexibility index (Phi) is 4.17. The normalized spacial score (nSPS) is 14.1. The van der Waals surface area contributed by atoms with Crippen LogP contribution in [0.1, 0.15) is 27.2 Å². The van der Waals surface area contributed by atoms with Crippen molar-refractivity contribution < 1.29 is 0 Å². The molecule has 0 saturated carbocycles. The second kappa shape index (κ2) is 4.17. The summed E-state index contributed by atoms with van der Waals surface area (Å²) >= 11 is 0. The first kappa shape index (κ1) is 7.00. The second-order valence-electron chi connectivity index (χ2n) is 1.95. The van der Waals surface area contributed by atoms with Gasteiger partial charge >= 0.3 is 0 Å². The van der Waals surface area contributed by atoms with Crippen molar-refractivity contribution in [3.63, 3.8) is 0 Å². The minimum atomic E-state index is 0.769. The van der Waals surface area contributed by atoms with E-state index in [0.717, 1.165) is 5.92 Å². The Hall–Kier alpha value is 0. The molecule has 0 spiro atoms. The van der Waals surface area contributed by atoms with Crippen molar-refractivity contribution in [3.05, 3.63) is 12.8 Å². The molecule has 1 atom stereocenters. The van der Waals surface area contributed by atoms with Crippen LogP contribution in [0.5, 0.6) is 0 Å². The van der Waals surface area contributed by atoms with Gasteiger partial charge in [-0.05, 0) is 25.2 Å². The zero-order valence-electron chi connectivity index (χ0n) is 5.44. The average molecular weight is 98.2 g/mol. The van der Waals surface area contributed by atoms with Crippen LogP contribution in [0.4, 0.5) is 0 Å².